The number of nitrogens with one attached hydrogen (secondary N) is 1. The van der Waals surface area contributed by atoms with Crippen LogP contribution in [0, 0.1) is 5.92 Å². The average molecular weight is 253 g/mol. The molecule has 0 spiro atoms. The Morgan fingerprint density at radius 1 is 1.41 bits per heavy atom. The second-order valence-electron chi connectivity index (χ2n) is 3.85. The van der Waals surface area contributed by atoms with Gasteiger partial charge in [-0.1, -0.05) is 19.1 Å². The molecule has 0 heterocycles. The van der Waals surface area contributed by atoms with Gasteiger partial charge in [0.25, 0.3) is 0 Å². The van der Waals surface area contributed by atoms with Gasteiger partial charge < -0.3 is 10.4 Å². The molecule has 1 unspecified atom stereocenters. The molecule has 0 saturated heterocycles. The summed E-state index contributed by atoms with van der Waals surface area (Å²) in [6, 6.07) is 8.09. The number of aliphatic hydroxyl groups excluding tert-OH is 1. The number of thioether (sulfide) groups is 1. The summed E-state index contributed by atoms with van der Waals surface area (Å²) in [6.45, 7) is 2.32. The van der Waals surface area contributed by atoms with Crippen molar-refractivity contribution in [2.75, 3.05) is 12.9 Å². The van der Waals surface area contributed by atoms with Crippen molar-refractivity contribution in [3.63, 3.8) is 0 Å². The van der Waals surface area contributed by atoms with E-state index in [1.165, 1.54) is 4.90 Å². The smallest absolute Gasteiger partial charge is 0.225 e. The Bertz CT molecular complexity index is 347. The number of carbonyl (C=O) groups is 1. The Hall–Kier alpha value is -1.00. The maximum Gasteiger partial charge on any atom is 0.225 e. The minimum absolute atomic E-state index is 0.0797. The monoisotopic (exact) mass is 253 g/mol. The van der Waals surface area contributed by atoms with Crippen LogP contribution in [0.3, 0.4) is 0 Å². The van der Waals surface area contributed by atoms with E-state index in [9.17, 15) is 4.79 Å². The van der Waals surface area contributed by atoms with Gasteiger partial charge in [-0.2, -0.15) is 0 Å². The first-order valence-electron chi connectivity index (χ1n) is 5.72. The summed E-state index contributed by atoms with van der Waals surface area (Å²) in [6.07, 6.45) is 2.69. The first-order chi connectivity index (χ1) is 8.21. The standard InChI is InChI=1S/C13H19NO2S/c1-3-11(9-15)13(16)14-8-10-4-6-12(17-2)7-5-10/h4-7,11,15H,3,8-9H2,1-2H3,(H,14,16). The zero-order chi connectivity index (χ0) is 12.7. The van der Waals surface area contributed by atoms with Gasteiger partial charge in [0.15, 0.2) is 0 Å². The quantitative estimate of drug-likeness (QED) is 0.763. The molecular formula is C13H19NO2S. The summed E-state index contributed by atoms with van der Waals surface area (Å²) in [5.41, 5.74) is 1.07. The zero-order valence-corrected chi connectivity index (χ0v) is 11.1. The normalized spacial score (nSPS) is 12.2. The van der Waals surface area contributed by atoms with Crippen molar-refractivity contribution in [2.24, 2.45) is 5.92 Å². The molecule has 0 aromatic heterocycles. The number of carbonyl (C=O) groups excluding carboxylic acids is 1. The van der Waals surface area contributed by atoms with Crippen LogP contribution in [-0.4, -0.2) is 23.9 Å². The molecule has 0 bridgehead atoms. The maximum absolute atomic E-state index is 11.6. The third kappa shape index (κ3) is 4.40. The summed E-state index contributed by atoms with van der Waals surface area (Å²) in [5, 5.41) is 11.8. The Kier molecular flexibility index (Phi) is 6.08. The number of aliphatic hydroxyl groups is 1. The Morgan fingerprint density at radius 2 is 2.06 bits per heavy atom. The number of hydrogen-bond acceptors (Lipinski definition) is 3. The van der Waals surface area contributed by atoms with E-state index < -0.39 is 0 Å². The third-order valence-corrected chi connectivity index (χ3v) is 3.45. The van der Waals surface area contributed by atoms with Crippen molar-refractivity contribution in [3.05, 3.63) is 29.8 Å². The molecule has 1 rings (SSSR count). The van der Waals surface area contributed by atoms with Gasteiger partial charge >= 0.3 is 0 Å². The van der Waals surface area contributed by atoms with Gasteiger partial charge in [0.1, 0.15) is 0 Å². The van der Waals surface area contributed by atoms with Crippen molar-refractivity contribution < 1.29 is 9.90 Å². The molecule has 2 N–H and O–H groups in total. The Labute approximate surface area is 107 Å². The van der Waals surface area contributed by atoms with E-state index >= 15 is 0 Å². The van der Waals surface area contributed by atoms with Crippen LogP contribution >= 0.6 is 11.8 Å². The van der Waals surface area contributed by atoms with Crippen molar-refractivity contribution in [1.29, 1.82) is 0 Å². The predicted octanol–water partition coefficient (Wildman–Crippen LogP) is 2.04. The van der Waals surface area contributed by atoms with Crippen molar-refractivity contribution in [2.45, 2.75) is 24.8 Å². The molecule has 1 amide bonds. The van der Waals surface area contributed by atoms with E-state index in [4.69, 9.17) is 5.11 Å². The van der Waals surface area contributed by atoms with Gasteiger partial charge in [-0.05, 0) is 30.4 Å². The molecule has 1 atom stereocenters. The highest BCUT2D eigenvalue weighted by molar-refractivity contribution is 7.98. The molecule has 3 nitrogen and oxygen atoms in total. The second kappa shape index (κ2) is 7.35. The summed E-state index contributed by atoms with van der Waals surface area (Å²) >= 11 is 1.69. The summed E-state index contributed by atoms with van der Waals surface area (Å²) in [4.78, 5) is 12.8. The van der Waals surface area contributed by atoms with Crippen LogP contribution in [0.5, 0.6) is 0 Å². The molecular weight excluding hydrogens is 234 g/mol. The molecule has 94 valence electrons. The summed E-state index contributed by atoms with van der Waals surface area (Å²) in [5.74, 6) is -0.371. The fraction of sp³-hybridized carbons (Fsp3) is 0.462. The lowest BCUT2D eigenvalue weighted by atomic mass is 10.1. The van der Waals surface area contributed by atoms with Gasteiger partial charge in [0.2, 0.25) is 5.91 Å². The van der Waals surface area contributed by atoms with Crippen molar-refractivity contribution >= 4 is 17.7 Å². The molecule has 0 saturated carbocycles. The number of amides is 1. The van der Waals surface area contributed by atoms with E-state index in [-0.39, 0.29) is 18.4 Å². The van der Waals surface area contributed by atoms with Gasteiger partial charge in [-0.3, -0.25) is 4.79 Å². The molecule has 0 aliphatic heterocycles. The van der Waals surface area contributed by atoms with E-state index in [1.54, 1.807) is 11.8 Å². The molecule has 17 heavy (non-hydrogen) atoms. The SMILES string of the molecule is CCC(CO)C(=O)NCc1ccc(SC)cc1. The van der Waals surface area contributed by atoms with Crippen LogP contribution in [0.15, 0.2) is 29.2 Å². The van der Waals surface area contributed by atoms with Crippen molar-refractivity contribution in [3.8, 4) is 0 Å². The molecule has 1 aromatic carbocycles. The van der Waals surface area contributed by atoms with Crippen molar-refractivity contribution in [1.82, 2.24) is 5.32 Å². The van der Waals surface area contributed by atoms with Crippen LogP contribution in [0.4, 0.5) is 0 Å². The van der Waals surface area contributed by atoms with Crippen LogP contribution in [0.2, 0.25) is 0 Å². The molecule has 0 radical (unpaired) electrons. The Morgan fingerprint density at radius 3 is 2.53 bits per heavy atom. The van der Waals surface area contributed by atoms with E-state index in [0.29, 0.717) is 13.0 Å². The van der Waals surface area contributed by atoms with E-state index in [2.05, 4.69) is 5.32 Å². The van der Waals surface area contributed by atoms with Gasteiger partial charge in [-0.15, -0.1) is 11.8 Å². The lowest BCUT2D eigenvalue weighted by Crippen LogP contribution is -2.31. The molecule has 0 aliphatic rings. The topological polar surface area (TPSA) is 49.3 Å². The highest BCUT2D eigenvalue weighted by Gasteiger charge is 2.14. The Balaban J connectivity index is 2.46. The molecule has 1 aromatic rings. The summed E-state index contributed by atoms with van der Waals surface area (Å²) in [7, 11) is 0. The number of rotatable bonds is 6. The molecule has 4 heteroatoms. The van der Waals surface area contributed by atoms with Gasteiger partial charge in [-0.25, -0.2) is 0 Å². The number of hydrogen-bond donors (Lipinski definition) is 2. The highest BCUT2D eigenvalue weighted by atomic mass is 32.2. The van der Waals surface area contributed by atoms with Crippen LogP contribution in [0.25, 0.3) is 0 Å². The third-order valence-electron chi connectivity index (χ3n) is 2.71. The van der Waals surface area contributed by atoms with E-state index in [1.807, 2.05) is 37.4 Å². The largest absolute Gasteiger partial charge is 0.396 e. The molecule has 0 aliphatic carbocycles. The summed E-state index contributed by atoms with van der Waals surface area (Å²) < 4.78 is 0. The zero-order valence-electron chi connectivity index (χ0n) is 10.3. The minimum atomic E-state index is -0.291. The number of benzene rings is 1. The maximum atomic E-state index is 11.6. The predicted molar refractivity (Wildman–Crippen MR) is 70.9 cm³/mol. The van der Waals surface area contributed by atoms with Crippen LogP contribution in [0.1, 0.15) is 18.9 Å². The minimum Gasteiger partial charge on any atom is -0.396 e. The van der Waals surface area contributed by atoms with Crippen LogP contribution < -0.4 is 5.32 Å². The fourth-order valence-corrected chi connectivity index (χ4v) is 1.88. The molecule has 0 fully saturated rings. The first-order valence-corrected chi connectivity index (χ1v) is 6.95. The van der Waals surface area contributed by atoms with Gasteiger partial charge in [0.05, 0.1) is 12.5 Å². The van der Waals surface area contributed by atoms with Gasteiger partial charge in [0, 0.05) is 11.4 Å². The lowest BCUT2D eigenvalue weighted by molar-refractivity contribution is -0.126. The fourth-order valence-electron chi connectivity index (χ4n) is 1.47. The average Bonchev–Trinajstić information content (AvgIpc) is 2.38. The van der Waals surface area contributed by atoms with Crippen LogP contribution in [-0.2, 0) is 11.3 Å². The first kappa shape index (κ1) is 14.1. The van der Waals surface area contributed by atoms with E-state index in [0.717, 1.165) is 5.56 Å². The highest BCUT2D eigenvalue weighted by Crippen LogP contribution is 2.14. The lowest BCUT2D eigenvalue weighted by Gasteiger charge is -2.12. The second-order valence-corrected chi connectivity index (χ2v) is 4.73.